The molecule has 12 heavy (non-hydrogen) atoms. The third-order valence-electron chi connectivity index (χ3n) is 1.63. The molecule has 0 aliphatic heterocycles. The first-order valence-electron chi connectivity index (χ1n) is 3.45. The highest BCUT2D eigenvalue weighted by Crippen LogP contribution is 2.09. The highest BCUT2D eigenvalue weighted by molar-refractivity contribution is 5.88. The lowest BCUT2D eigenvalue weighted by atomic mass is 10.3. The summed E-state index contributed by atoms with van der Waals surface area (Å²) in [6.45, 7) is 0. The summed E-state index contributed by atoms with van der Waals surface area (Å²) in [7, 11) is 0. The molecule has 0 aromatic carbocycles. The Kier molecular flexibility index (Phi) is 1.33. The van der Waals surface area contributed by atoms with Crippen LogP contribution in [-0.4, -0.2) is 21.0 Å². The summed E-state index contributed by atoms with van der Waals surface area (Å²) in [5.41, 5.74) is 0.667. The van der Waals surface area contributed by atoms with Crippen LogP contribution in [-0.2, 0) is 0 Å². The number of nitrogens with one attached hydrogen (secondary N) is 1. The molecule has 2 heterocycles. The number of carboxylic acids is 1. The Morgan fingerprint density at radius 3 is 3.00 bits per heavy atom. The zero-order chi connectivity index (χ0) is 8.55. The largest absolute Gasteiger partial charge is 0.477 e. The first-order chi connectivity index (χ1) is 5.77. The van der Waals surface area contributed by atoms with Crippen LogP contribution in [0.3, 0.4) is 0 Å². The van der Waals surface area contributed by atoms with Crippen molar-refractivity contribution in [1.82, 2.24) is 9.97 Å². The molecule has 0 unspecified atom stereocenters. The van der Waals surface area contributed by atoms with E-state index in [0.29, 0.717) is 5.65 Å². The van der Waals surface area contributed by atoms with Gasteiger partial charge in [-0.1, -0.05) is 0 Å². The number of aromatic carboxylic acids is 1. The summed E-state index contributed by atoms with van der Waals surface area (Å²) in [4.78, 5) is 17.2. The van der Waals surface area contributed by atoms with E-state index in [1.54, 1.807) is 12.3 Å². The van der Waals surface area contributed by atoms with Crippen LogP contribution in [0.15, 0.2) is 24.4 Å². The number of hydrogen-bond donors (Lipinski definition) is 2. The highest BCUT2D eigenvalue weighted by Gasteiger charge is 2.04. The van der Waals surface area contributed by atoms with Crippen molar-refractivity contribution in [3.8, 4) is 0 Å². The lowest BCUT2D eigenvalue weighted by molar-refractivity contribution is 0.0691. The Hall–Kier alpha value is -1.84. The average molecular weight is 162 g/mol. The minimum absolute atomic E-state index is 0.0601. The van der Waals surface area contributed by atoms with Gasteiger partial charge in [-0.2, -0.15) is 0 Å². The minimum Gasteiger partial charge on any atom is -0.477 e. The van der Waals surface area contributed by atoms with E-state index in [1.807, 2.05) is 6.07 Å². The fraction of sp³-hybridized carbons (Fsp3) is 0. The van der Waals surface area contributed by atoms with Crippen LogP contribution in [0.4, 0.5) is 0 Å². The third-order valence-corrected chi connectivity index (χ3v) is 1.63. The van der Waals surface area contributed by atoms with Crippen molar-refractivity contribution >= 4 is 17.0 Å². The third kappa shape index (κ3) is 0.934. The van der Waals surface area contributed by atoms with Crippen LogP contribution in [0.2, 0.25) is 0 Å². The lowest BCUT2D eigenvalue weighted by Crippen LogP contribution is -1.99. The van der Waals surface area contributed by atoms with Gasteiger partial charge >= 0.3 is 5.97 Å². The maximum Gasteiger partial charge on any atom is 0.354 e. The molecule has 0 aliphatic carbocycles. The molecule has 0 saturated heterocycles. The normalized spacial score (nSPS) is 10.3. The molecule has 0 atom stereocenters. The van der Waals surface area contributed by atoms with Crippen molar-refractivity contribution in [3.05, 3.63) is 30.1 Å². The second-order valence-corrected chi connectivity index (χ2v) is 2.42. The van der Waals surface area contributed by atoms with Gasteiger partial charge in [-0.15, -0.1) is 0 Å². The molecule has 0 amide bonds. The van der Waals surface area contributed by atoms with Crippen LogP contribution < -0.4 is 0 Å². The molecule has 0 saturated carbocycles. The highest BCUT2D eigenvalue weighted by atomic mass is 16.4. The maximum absolute atomic E-state index is 10.5. The number of carbonyl (C=O) groups is 1. The molecular weight excluding hydrogens is 156 g/mol. The van der Waals surface area contributed by atoms with Crippen molar-refractivity contribution in [1.29, 1.82) is 0 Å². The molecule has 2 N–H and O–H groups in total. The van der Waals surface area contributed by atoms with Crippen molar-refractivity contribution in [2.24, 2.45) is 0 Å². The van der Waals surface area contributed by atoms with E-state index < -0.39 is 5.97 Å². The molecule has 0 spiro atoms. The Morgan fingerprint density at radius 1 is 1.42 bits per heavy atom. The summed E-state index contributed by atoms with van der Waals surface area (Å²) in [6, 6.07) is 5.05. The molecular formula is C8H6N2O2. The van der Waals surface area contributed by atoms with E-state index in [9.17, 15) is 4.79 Å². The van der Waals surface area contributed by atoms with Gasteiger partial charge in [0.2, 0.25) is 0 Å². The standard InChI is InChI=1S/C8H6N2O2/c11-8(12)6-2-1-5-3-4-9-7(5)10-6/h1-4H,(H,9,10)(H,11,12). The van der Waals surface area contributed by atoms with Gasteiger partial charge in [0.15, 0.2) is 5.69 Å². The minimum atomic E-state index is -1.01. The van der Waals surface area contributed by atoms with Crippen LogP contribution in [0.25, 0.3) is 11.0 Å². The molecule has 2 aromatic heterocycles. The van der Waals surface area contributed by atoms with Crippen molar-refractivity contribution in [2.75, 3.05) is 0 Å². The number of rotatable bonds is 1. The van der Waals surface area contributed by atoms with Crippen molar-refractivity contribution in [3.63, 3.8) is 0 Å². The van der Waals surface area contributed by atoms with E-state index in [4.69, 9.17) is 5.11 Å². The smallest absolute Gasteiger partial charge is 0.354 e. The second-order valence-electron chi connectivity index (χ2n) is 2.42. The summed E-state index contributed by atoms with van der Waals surface area (Å²) in [5, 5.41) is 9.52. The lowest BCUT2D eigenvalue weighted by Gasteiger charge is -1.92. The predicted octanol–water partition coefficient (Wildman–Crippen LogP) is 1.26. The van der Waals surface area contributed by atoms with Crippen molar-refractivity contribution in [2.45, 2.75) is 0 Å². The summed E-state index contributed by atoms with van der Waals surface area (Å²) < 4.78 is 0. The monoisotopic (exact) mass is 162 g/mol. The van der Waals surface area contributed by atoms with Crippen LogP contribution in [0.5, 0.6) is 0 Å². The molecule has 0 bridgehead atoms. The molecule has 0 radical (unpaired) electrons. The van der Waals surface area contributed by atoms with Gasteiger partial charge in [0, 0.05) is 11.6 Å². The molecule has 2 rings (SSSR count). The number of aromatic amines is 1. The van der Waals surface area contributed by atoms with Crippen LogP contribution in [0, 0.1) is 0 Å². The van der Waals surface area contributed by atoms with Gasteiger partial charge in [0.25, 0.3) is 0 Å². The first-order valence-corrected chi connectivity index (χ1v) is 3.45. The number of hydrogen-bond acceptors (Lipinski definition) is 2. The molecule has 0 fully saturated rings. The second kappa shape index (κ2) is 2.34. The summed E-state index contributed by atoms with van der Waals surface area (Å²) in [6.07, 6.45) is 1.73. The van der Waals surface area contributed by atoms with E-state index in [0.717, 1.165) is 5.39 Å². The Morgan fingerprint density at radius 2 is 2.25 bits per heavy atom. The van der Waals surface area contributed by atoms with E-state index in [1.165, 1.54) is 6.07 Å². The zero-order valence-electron chi connectivity index (χ0n) is 6.11. The number of nitrogens with zero attached hydrogens (tertiary/aromatic N) is 1. The number of pyridine rings is 1. The fourth-order valence-electron chi connectivity index (χ4n) is 1.05. The van der Waals surface area contributed by atoms with Gasteiger partial charge in [-0.05, 0) is 18.2 Å². The predicted molar refractivity (Wildman–Crippen MR) is 43.1 cm³/mol. The Labute approximate surface area is 67.9 Å². The molecule has 2 aromatic rings. The summed E-state index contributed by atoms with van der Waals surface area (Å²) >= 11 is 0. The average Bonchev–Trinajstić information content (AvgIpc) is 2.49. The number of H-pyrrole nitrogens is 1. The van der Waals surface area contributed by atoms with Gasteiger partial charge in [-0.25, -0.2) is 9.78 Å². The molecule has 60 valence electrons. The zero-order valence-corrected chi connectivity index (χ0v) is 6.11. The number of aromatic nitrogens is 2. The SMILES string of the molecule is O=C(O)c1ccc2cc[nH]c2n1. The van der Waals surface area contributed by atoms with E-state index in [2.05, 4.69) is 9.97 Å². The van der Waals surface area contributed by atoms with Gasteiger partial charge < -0.3 is 10.1 Å². The number of fused-ring (bicyclic) bond motifs is 1. The Balaban J connectivity index is 2.68. The topological polar surface area (TPSA) is 66.0 Å². The first kappa shape index (κ1) is 6.84. The summed E-state index contributed by atoms with van der Waals surface area (Å²) in [5.74, 6) is -1.01. The quantitative estimate of drug-likeness (QED) is 0.663. The van der Waals surface area contributed by atoms with Gasteiger partial charge in [-0.3, -0.25) is 0 Å². The molecule has 4 heteroatoms. The van der Waals surface area contributed by atoms with Crippen LogP contribution >= 0.6 is 0 Å². The van der Waals surface area contributed by atoms with Gasteiger partial charge in [0.05, 0.1) is 0 Å². The van der Waals surface area contributed by atoms with Gasteiger partial charge in [0.1, 0.15) is 5.65 Å². The van der Waals surface area contributed by atoms with E-state index >= 15 is 0 Å². The van der Waals surface area contributed by atoms with Crippen molar-refractivity contribution < 1.29 is 9.90 Å². The fourth-order valence-corrected chi connectivity index (χ4v) is 1.05. The van der Waals surface area contributed by atoms with Crippen LogP contribution in [0.1, 0.15) is 10.5 Å². The number of carboxylic acid groups (broad SMARTS) is 1. The molecule has 0 aliphatic rings. The Bertz CT molecular complexity index is 433. The molecule has 4 nitrogen and oxygen atoms in total. The van der Waals surface area contributed by atoms with E-state index in [-0.39, 0.29) is 5.69 Å². The maximum atomic E-state index is 10.5.